The number of carboxylic acid groups (broad SMARTS) is 1. The Bertz CT molecular complexity index is 484. The molecule has 1 unspecified atom stereocenters. The van der Waals surface area contributed by atoms with Gasteiger partial charge in [0.15, 0.2) is 6.10 Å². The maximum absolute atomic E-state index is 12.0. The van der Waals surface area contributed by atoms with E-state index in [-0.39, 0.29) is 12.4 Å². The van der Waals surface area contributed by atoms with Gasteiger partial charge in [-0.2, -0.15) is 0 Å². The van der Waals surface area contributed by atoms with Gasteiger partial charge in [-0.15, -0.1) is 0 Å². The molecule has 176 valence electrons. The fraction of sp³-hybridized carbons (Fsp3) is 0.875. The Labute approximate surface area is 183 Å². The van der Waals surface area contributed by atoms with Gasteiger partial charge in [0.2, 0.25) is 0 Å². The average Bonchev–Trinajstić information content (AvgIpc) is 2.61. The third kappa shape index (κ3) is 19.9. The highest BCUT2D eigenvalue weighted by Gasteiger charge is 2.24. The molecular formula is C24H46NO5+. The number of aliphatic carboxylic acids is 1. The Morgan fingerprint density at radius 2 is 1.23 bits per heavy atom. The lowest BCUT2D eigenvalue weighted by molar-refractivity contribution is -0.873. The number of carbonyl (C=O) groups is 3. The second-order valence-electron chi connectivity index (χ2n) is 9.51. The Kier molecular flexibility index (Phi) is 16.4. The molecule has 0 fully saturated rings. The van der Waals surface area contributed by atoms with E-state index < -0.39 is 12.1 Å². The number of nitrogens with zero attached hydrogens (tertiary/aromatic N) is 1. The van der Waals surface area contributed by atoms with Crippen molar-refractivity contribution >= 4 is 17.7 Å². The molecule has 0 bridgehead atoms. The summed E-state index contributed by atoms with van der Waals surface area (Å²) in [6, 6.07) is 0. The molecule has 0 amide bonds. The van der Waals surface area contributed by atoms with E-state index in [2.05, 4.69) is 6.92 Å². The van der Waals surface area contributed by atoms with Crippen LogP contribution in [0.1, 0.15) is 103 Å². The molecule has 0 radical (unpaired) electrons. The summed E-state index contributed by atoms with van der Waals surface area (Å²) in [6.45, 7) is 2.64. The molecule has 0 saturated carbocycles. The number of carbonyl (C=O) groups excluding carboxylic acids is 2. The second-order valence-corrected chi connectivity index (χ2v) is 9.51. The molecule has 0 aromatic heterocycles. The quantitative estimate of drug-likeness (QED) is 0.165. The van der Waals surface area contributed by atoms with E-state index in [1.54, 1.807) is 0 Å². The van der Waals surface area contributed by atoms with Crippen molar-refractivity contribution in [3.05, 3.63) is 0 Å². The third-order valence-corrected chi connectivity index (χ3v) is 5.10. The van der Waals surface area contributed by atoms with Crippen LogP contribution in [0.4, 0.5) is 0 Å². The normalized spacial score (nSPS) is 12.5. The summed E-state index contributed by atoms with van der Waals surface area (Å²) in [6.07, 6.45) is 13.0. The van der Waals surface area contributed by atoms with Gasteiger partial charge in [0.1, 0.15) is 12.3 Å². The van der Waals surface area contributed by atoms with Crippen molar-refractivity contribution in [1.29, 1.82) is 0 Å². The molecular weight excluding hydrogens is 382 g/mol. The van der Waals surface area contributed by atoms with E-state index in [0.717, 1.165) is 70.6 Å². The molecule has 6 heteroatoms. The summed E-state index contributed by atoms with van der Waals surface area (Å²) in [7, 11) is 5.86. The van der Waals surface area contributed by atoms with Gasteiger partial charge in [-0.3, -0.25) is 14.4 Å². The molecule has 0 aliphatic heterocycles. The predicted molar refractivity (Wildman–Crippen MR) is 120 cm³/mol. The van der Waals surface area contributed by atoms with Gasteiger partial charge < -0.3 is 14.3 Å². The first kappa shape index (κ1) is 28.6. The number of Topliss-reactive ketones (excluding diaryl/α,β-unsaturated/α-hetero) is 1. The van der Waals surface area contributed by atoms with Crippen LogP contribution in [0.5, 0.6) is 0 Å². The third-order valence-electron chi connectivity index (χ3n) is 5.10. The lowest BCUT2D eigenvalue weighted by Gasteiger charge is -2.28. The number of hydrogen-bond acceptors (Lipinski definition) is 4. The largest absolute Gasteiger partial charge is 0.481 e. The number of unbranched alkanes of at least 4 members (excludes halogenated alkanes) is 9. The van der Waals surface area contributed by atoms with Crippen LogP contribution in [0, 0.1) is 0 Å². The minimum Gasteiger partial charge on any atom is -0.481 e. The summed E-state index contributed by atoms with van der Waals surface area (Å²) in [5.74, 6) is -0.817. The van der Waals surface area contributed by atoms with E-state index in [1.165, 1.54) is 12.8 Å². The average molecular weight is 429 g/mol. The summed E-state index contributed by atoms with van der Waals surface area (Å²) in [5, 5.41) is 9.00. The van der Waals surface area contributed by atoms with Crippen molar-refractivity contribution in [3.63, 3.8) is 0 Å². The first-order chi connectivity index (χ1) is 14.1. The predicted octanol–water partition coefficient (Wildman–Crippen LogP) is 5.13. The Morgan fingerprint density at radius 1 is 0.767 bits per heavy atom. The number of ether oxygens (including phenoxy) is 1. The highest BCUT2D eigenvalue weighted by atomic mass is 16.5. The van der Waals surface area contributed by atoms with Gasteiger partial charge in [0.25, 0.3) is 0 Å². The van der Waals surface area contributed by atoms with E-state index >= 15 is 0 Å². The molecule has 0 aromatic carbocycles. The molecule has 30 heavy (non-hydrogen) atoms. The van der Waals surface area contributed by atoms with Crippen molar-refractivity contribution in [2.24, 2.45) is 0 Å². The van der Waals surface area contributed by atoms with Crippen molar-refractivity contribution in [1.82, 2.24) is 0 Å². The number of carboxylic acids is 1. The molecule has 0 rings (SSSR count). The summed E-state index contributed by atoms with van der Waals surface area (Å²) < 4.78 is 5.95. The first-order valence-corrected chi connectivity index (χ1v) is 11.9. The SMILES string of the molecule is CCCCCC(=O)CCCCCCCCCCC(=O)OC(CC(=O)O)C[N+](C)(C)C. The van der Waals surface area contributed by atoms with E-state index in [0.29, 0.717) is 23.2 Å². The zero-order chi connectivity index (χ0) is 22.8. The van der Waals surface area contributed by atoms with Crippen LogP contribution < -0.4 is 0 Å². The molecule has 0 aliphatic rings. The van der Waals surface area contributed by atoms with E-state index in [9.17, 15) is 14.4 Å². The first-order valence-electron chi connectivity index (χ1n) is 11.9. The molecule has 0 aliphatic carbocycles. The molecule has 0 aromatic rings. The Balaban J connectivity index is 3.67. The summed E-state index contributed by atoms with van der Waals surface area (Å²) in [5.41, 5.74) is 0. The van der Waals surface area contributed by atoms with Crippen LogP contribution >= 0.6 is 0 Å². The molecule has 0 heterocycles. The standard InChI is InChI=1S/C24H45NO5/c1-5-6-13-16-21(26)17-14-11-9-7-8-10-12-15-18-24(29)30-22(19-23(27)28)20-25(2,3)4/h22H,5-20H2,1-4H3/p+1. The fourth-order valence-electron chi connectivity index (χ4n) is 3.54. The molecule has 1 N–H and O–H groups in total. The lowest BCUT2D eigenvalue weighted by Crippen LogP contribution is -2.43. The number of likely N-dealkylation sites (N-methyl/N-ethyl adjacent to an activating group) is 1. The molecule has 6 nitrogen and oxygen atoms in total. The minimum absolute atomic E-state index is 0.147. The summed E-state index contributed by atoms with van der Waals surface area (Å²) in [4.78, 5) is 34.7. The lowest BCUT2D eigenvalue weighted by atomic mass is 10.0. The van der Waals surface area contributed by atoms with E-state index in [1.807, 2.05) is 21.1 Å². The maximum Gasteiger partial charge on any atom is 0.307 e. The smallest absolute Gasteiger partial charge is 0.307 e. The van der Waals surface area contributed by atoms with Gasteiger partial charge in [-0.1, -0.05) is 58.3 Å². The minimum atomic E-state index is -0.942. The van der Waals surface area contributed by atoms with E-state index in [4.69, 9.17) is 9.84 Å². The van der Waals surface area contributed by atoms with Crippen LogP contribution in [0.2, 0.25) is 0 Å². The molecule has 1 atom stereocenters. The van der Waals surface area contributed by atoms with Crippen LogP contribution in [0.3, 0.4) is 0 Å². The molecule has 0 saturated heterocycles. The van der Waals surface area contributed by atoms with Crippen LogP contribution in [-0.2, 0) is 19.1 Å². The number of rotatable bonds is 20. The van der Waals surface area contributed by atoms with Crippen molar-refractivity contribution < 1.29 is 28.7 Å². The fourth-order valence-corrected chi connectivity index (χ4v) is 3.54. The van der Waals surface area contributed by atoms with Gasteiger partial charge >= 0.3 is 11.9 Å². The number of quaternary nitrogens is 1. The Morgan fingerprint density at radius 3 is 1.70 bits per heavy atom. The van der Waals surface area contributed by atoms with Crippen molar-refractivity contribution in [2.75, 3.05) is 27.7 Å². The van der Waals surface area contributed by atoms with Gasteiger partial charge in [0.05, 0.1) is 27.6 Å². The second kappa shape index (κ2) is 17.3. The number of esters is 1. The zero-order valence-corrected chi connectivity index (χ0v) is 19.9. The topological polar surface area (TPSA) is 80.7 Å². The van der Waals surface area contributed by atoms with Gasteiger partial charge in [-0.05, 0) is 19.3 Å². The number of hydrogen-bond donors (Lipinski definition) is 1. The van der Waals surface area contributed by atoms with Crippen molar-refractivity contribution in [2.45, 2.75) is 109 Å². The maximum atomic E-state index is 12.0. The van der Waals surface area contributed by atoms with Crippen LogP contribution in [0.15, 0.2) is 0 Å². The van der Waals surface area contributed by atoms with Crippen molar-refractivity contribution in [3.8, 4) is 0 Å². The zero-order valence-electron chi connectivity index (χ0n) is 19.9. The highest BCUT2D eigenvalue weighted by molar-refractivity contribution is 5.78. The van der Waals surface area contributed by atoms with Gasteiger partial charge in [0, 0.05) is 19.3 Å². The highest BCUT2D eigenvalue weighted by Crippen LogP contribution is 2.13. The Hall–Kier alpha value is -1.43. The van der Waals surface area contributed by atoms with Crippen LogP contribution in [-0.4, -0.2) is 61.1 Å². The van der Waals surface area contributed by atoms with Gasteiger partial charge in [-0.25, -0.2) is 0 Å². The van der Waals surface area contributed by atoms with Crippen LogP contribution in [0.25, 0.3) is 0 Å². The number of ketones is 1. The molecule has 0 spiro atoms. The summed E-state index contributed by atoms with van der Waals surface area (Å²) >= 11 is 0. The monoisotopic (exact) mass is 428 g/mol.